The Hall–Kier alpha value is -1.06. The van der Waals surface area contributed by atoms with Crippen molar-refractivity contribution < 1.29 is 9.47 Å². The van der Waals surface area contributed by atoms with Gasteiger partial charge in [-0.05, 0) is 43.7 Å². The number of ether oxygens (including phenoxy) is 2. The smallest absolute Gasteiger partial charge is 0.119 e. The molecule has 0 heterocycles. The zero-order valence-corrected chi connectivity index (χ0v) is 11.1. The highest BCUT2D eigenvalue weighted by Crippen LogP contribution is 2.15. The van der Waals surface area contributed by atoms with Crippen LogP contribution >= 0.6 is 0 Å². The molecule has 0 atom stereocenters. The molecule has 17 heavy (non-hydrogen) atoms. The molecule has 0 aromatic heterocycles. The van der Waals surface area contributed by atoms with E-state index in [1.165, 1.54) is 11.1 Å². The summed E-state index contributed by atoms with van der Waals surface area (Å²) >= 11 is 0. The average Bonchev–Trinajstić information content (AvgIpc) is 2.26. The summed E-state index contributed by atoms with van der Waals surface area (Å²) in [5.41, 5.74) is 2.46. The highest BCUT2D eigenvalue weighted by atomic mass is 16.5. The molecule has 0 fully saturated rings. The molecule has 0 saturated carbocycles. The van der Waals surface area contributed by atoms with Crippen LogP contribution in [0.3, 0.4) is 0 Å². The Labute approximate surface area is 104 Å². The van der Waals surface area contributed by atoms with Crippen LogP contribution in [0.1, 0.15) is 18.1 Å². The third kappa shape index (κ3) is 6.29. The molecule has 96 valence electrons. The molecule has 1 aromatic rings. The van der Waals surface area contributed by atoms with Gasteiger partial charge in [0.1, 0.15) is 12.4 Å². The van der Waals surface area contributed by atoms with Gasteiger partial charge >= 0.3 is 0 Å². The highest BCUT2D eigenvalue weighted by molar-refractivity contribution is 5.32. The molecule has 0 saturated heterocycles. The maximum absolute atomic E-state index is 5.63. The van der Waals surface area contributed by atoms with Crippen molar-refractivity contribution >= 4 is 0 Å². The second-order valence-electron chi connectivity index (χ2n) is 4.14. The molecule has 1 N–H and O–H groups in total. The molecular weight excluding hydrogens is 214 g/mol. The van der Waals surface area contributed by atoms with Crippen LogP contribution in [0.5, 0.6) is 5.75 Å². The molecule has 1 rings (SSSR count). The van der Waals surface area contributed by atoms with Crippen molar-refractivity contribution in [3.05, 3.63) is 29.3 Å². The van der Waals surface area contributed by atoms with Gasteiger partial charge in [0.15, 0.2) is 0 Å². The van der Waals surface area contributed by atoms with Crippen LogP contribution in [0.15, 0.2) is 18.2 Å². The van der Waals surface area contributed by atoms with Gasteiger partial charge in [-0.2, -0.15) is 0 Å². The molecule has 0 bridgehead atoms. The molecule has 0 aliphatic heterocycles. The minimum Gasteiger partial charge on any atom is -0.491 e. The molecule has 0 unspecified atom stereocenters. The minimum absolute atomic E-state index is 0.606. The summed E-state index contributed by atoms with van der Waals surface area (Å²) < 4.78 is 11.1. The maximum Gasteiger partial charge on any atom is 0.119 e. The van der Waals surface area contributed by atoms with Crippen molar-refractivity contribution in [1.29, 1.82) is 0 Å². The Morgan fingerprint density at radius 3 is 2.35 bits per heavy atom. The first-order valence-corrected chi connectivity index (χ1v) is 6.22. The van der Waals surface area contributed by atoms with Crippen LogP contribution in [-0.4, -0.2) is 32.9 Å². The van der Waals surface area contributed by atoms with Crippen molar-refractivity contribution in [2.24, 2.45) is 0 Å². The van der Waals surface area contributed by atoms with Crippen molar-refractivity contribution in [2.45, 2.75) is 20.8 Å². The van der Waals surface area contributed by atoms with E-state index in [0.29, 0.717) is 13.2 Å². The lowest BCUT2D eigenvalue weighted by molar-refractivity contribution is 0.102. The van der Waals surface area contributed by atoms with Crippen molar-refractivity contribution in [3.63, 3.8) is 0 Å². The van der Waals surface area contributed by atoms with Crippen LogP contribution in [0, 0.1) is 13.8 Å². The largest absolute Gasteiger partial charge is 0.491 e. The SMILES string of the molecule is CCNCCOCCOc1cc(C)cc(C)c1. The lowest BCUT2D eigenvalue weighted by Gasteiger charge is -2.09. The van der Waals surface area contributed by atoms with Gasteiger partial charge in [0.25, 0.3) is 0 Å². The molecular formula is C14H23NO2. The lowest BCUT2D eigenvalue weighted by atomic mass is 10.1. The maximum atomic E-state index is 5.63. The van der Waals surface area contributed by atoms with Gasteiger partial charge in [0.05, 0.1) is 13.2 Å². The number of rotatable bonds is 8. The Morgan fingerprint density at radius 2 is 1.71 bits per heavy atom. The minimum atomic E-state index is 0.606. The molecule has 1 aromatic carbocycles. The second kappa shape index (κ2) is 8.09. The average molecular weight is 237 g/mol. The molecule has 0 aliphatic carbocycles. The van der Waals surface area contributed by atoms with Gasteiger partial charge in [-0.25, -0.2) is 0 Å². The fraction of sp³-hybridized carbons (Fsp3) is 0.571. The summed E-state index contributed by atoms with van der Waals surface area (Å²) in [6.07, 6.45) is 0. The predicted octanol–water partition coefficient (Wildman–Crippen LogP) is 2.31. The summed E-state index contributed by atoms with van der Waals surface area (Å²) in [4.78, 5) is 0. The second-order valence-corrected chi connectivity index (χ2v) is 4.14. The summed E-state index contributed by atoms with van der Waals surface area (Å²) in [7, 11) is 0. The van der Waals surface area contributed by atoms with Gasteiger partial charge in [-0.3, -0.25) is 0 Å². The third-order valence-electron chi connectivity index (χ3n) is 2.36. The Bertz CT molecular complexity index is 306. The van der Waals surface area contributed by atoms with E-state index >= 15 is 0 Å². The standard InChI is InChI=1S/C14H23NO2/c1-4-15-5-6-16-7-8-17-14-10-12(2)9-13(3)11-14/h9-11,15H,4-8H2,1-3H3. The summed E-state index contributed by atoms with van der Waals surface area (Å²) in [6, 6.07) is 6.23. The molecule has 0 spiro atoms. The third-order valence-corrected chi connectivity index (χ3v) is 2.36. The van der Waals surface area contributed by atoms with Gasteiger partial charge in [-0.15, -0.1) is 0 Å². The Morgan fingerprint density at radius 1 is 1.00 bits per heavy atom. The first-order chi connectivity index (χ1) is 8.22. The van der Waals surface area contributed by atoms with Crippen LogP contribution in [0.2, 0.25) is 0 Å². The fourth-order valence-electron chi connectivity index (χ4n) is 1.66. The number of nitrogens with one attached hydrogen (secondary N) is 1. The van der Waals surface area contributed by atoms with Crippen molar-refractivity contribution in [3.8, 4) is 5.75 Å². The molecule has 0 aliphatic rings. The monoisotopic (exact) mass is 237 g/mol. The van der Waals surface area contributed by atoms with Crippen LogP contribution in [0.25, 0.3) is 0 Å². The fourth-order valence-corrected chi connectivity index (χ4v) is 1.66. The lowest BCUT2D eigenvalue weighted by Crippen LogP contribution is -2.20. The van der Waals surface area contributed by atoms with Gasteiger partial charge in [0.2, 0.25) is 0 Å². The number of likely N-dealkylation sites (N-methyl/N-ethyl adjacent to an activating group) is 1. The quantitative estimate of drug-likeness (QED) is 0.704. The van der Waals surface area contributed by atoms with Crippen molar-refractivity contribution in [1.82, 2.24) is 5.32 Å². The molecule has 0 radical (unpaired) electrons. The van der Waals surface area contributed by atoms with Crippen LogP contribution < -0.4 is 10.1 Å². The molecule has 0 amide bonds. The van der Waals surface area contributed by atoms with Gasteiger partial charge in [0, 0.05) is 6.54 Å². The van der Waals surface area contributed by atoms with E-state index in [-0.39, 0.29) is 0 Å². The Kier molecular flexibility index (Phi) is 6.67. The van der Waals surface area contributed by atoms with E-state index in [2.05, 4.69) is 32.2 Å². The van der Waals surface area contributed by atoms with Crippen molar-refractivity contribution in [2.75, 3.05) is 32.9 Å². The summed E-state index contributed by atoms with van der Waals surface area (Å²) in [5.74, 6) is 0.929. The van der Waals surface area contributed by atoms with Gasteiger partial charge < -0.3 is 14.8 Å². The zero-order chi connectivity index (χ0) is 12.5. The van der Waals surface area contributed by atoms with E-state index in [1.54, 1.807) is 0 Å². The highest BCUT2D eigenvalue weighted by Gasteiger charge is 1.96. The number of benzene rings is 1. The van der Waals surface area contributed by atoms with Crippen LogP contribution in [-0.2, 0) is 4.74 Å². The first-order valence-electron chi connectivity index (χ1n) is 6.22. The first kappa shape index (κ1) is 14.0. The number of hydrogen-bond donors (Lipinski definition) is 1. The molecule has 3 nitrogen and oxygen atoms in total. The molecule has 3 heteroatoms. The summed E-state index contributed by atoms with van der Waals surface area (Å²) in [6.45, 7) is 10.1. The van der Waals surface area contributed by atoms with E-state index in [4.69, 9.17) is 9.47 Å². The number of hydrogen-bond acceptors (Lipinski definition) is 3. The Balaban J connectivity index is 2.13. The predicted molar refractivity (Wildman–Crippen MR) is 70.8 cm³/mol. The topological polar surface area (TPSA) is 30.5 Å². The van der Waals surface area contributed by atoms with Crippen LogP contribution in [0.4, 0.5) is 0 Å². The van der Waals surface area contributed by atoms with E-state index in [0.717, 1.165) is 25.4 Å². The van der Waals surface area contributed by atoms with E-state index in [9.17, 15) is 0 Å². The normalized spacial score (nSPS) is 10.5. The zero-order valence-electron chi connectivity index (χ0n) is 11.1. The van der Waals surface area contributed by atoms with E-state index < -0.39 is 0 Å². The van der Waals surface area contributed by atoms with Gasteiger partial charge in [-0.1, -0.05) is 13.0 Å². The number of aryl methyl sites for hydroxylation is 2. The summed E-state index contributed by atoms with van der Waals surface area (Å²) in [5, 5.41) is 3.21. The van der Waals surface area contributed by atoms with E-state index in [1.807, 2.05) is 12.1 Å².